The lowest BCUT2D eigenvalue weighted by atomic mass is 9.80. The second kappa shape index (κ2) is 8.60. The summed E-state index contributed by atoms with van der Waals surface area (Å²) in [6.07, 6.45) is 4.35. The molecule has 2 aromatic heterocycles. The van der Waals surface area contributed by atoms with Crippen molar-refractivity contribution in [3.63, 3.8) is 0 Å². The number of para-hydroxylation sites is 1. The molecule has 4 aromatic rings. The SMILES string of the molecule is O=C(c1ccc(Oc2ccccc2)cc1Cl)c1c[nH]c2nccc(N[C@H]3C[C@H](C(=O)O)C3)c12. The maximum Gasteiger partial charge on any atom is 0.306 e. The van der Waals surface area contributed by atoms with Crippen LogP contribution in [0.15, 0.2) is 67.0 Å². The minimum absolute atomic E-state index is 0.0348. The number of fused-ring (bicyclic) bond motifs is 1. The van der Waals surface area contributed by atoms with E-state index in [4.69, 9.17) is 21.4 Å². The Bertz CT molecular complexity index is 1350. The summed E-state index contributed by atoms with van der Waals surface area (Å²) < 4.78 is 5.80. The highest BCUT2D eigenvalue weighted by Crippen LogP contribution is 2.35. The Hall–Kier alpha value is -3.84. The first-order valence-electron chi connectivity index (χ1n) is 10.5. The van der Waals surface area contributed by atoms with E-state index >= 15 is 0 Å². The standard InChI is InChI=1S/C25H20ClN3O4/c26-20-12-17(33-16-4-2-1-3-5-16)6-7-18(20)23(30)19-13-28-24-22(19)21(8-9-27-24)29-15-10-14(11-15)25(31)32/h1-9,12-15H,10-11H2,(H,31,32)(H2,27,28,29)/t14-,15-. The van der Waals surface area contributed by atoms with Crippen molar-refractivity contribution in [1.29, 1.82) is 0 Å². The molecule has 1 saturated carbocycles. The number of rotatable bonds is 7. The third kappa shape index (κ3) is 4.15. The monoisotopic (exact) mass is 461 g/mol. The third-order valence-corrected chi connectivity index (χ3v) is 6.14. The summed E-state index contributed by atoms with van der Waals surface area (Å²) in [6.45, 7) is 0. The zero-order chi connectivity index (χ0) is 22.9. The van der Waals surface area contributed by atoms with Crippen molar-refractivity contribution in [2.45, 2.75) is 18.9 Å². The minimum atomic E-state index is -0.778. The number of nitrogens with zero attached hydrogens (tertiary/aromatic N) is 1. The largest absolute Gasteiger partial charge is 0.481 e. The van der Waals surface area contributed by atoms with Gasteiger partial charge in [0, 0.05) is 35.8 Å². The molecule has 0 spiro atoms. The number of H-pyrrole nitrogens is 1. The molecule has 7 nitrogen and oxygen atoms in total. The van der Waals surface area contributed by atoms with Gasteiger partial charge in [0.15, 0.2) is 5.78 Å². The molecule has 2 heterocycles. The number of ether oxygens (including phenoxy) is 1. The predicted molar refractivity (Wildman–Crippen MR) is 125 cm³/mol. The van der Waals surface area contributed by atoms with E-state index in [1.54, 1.807) is 36.7 Å². The lowest BCUT2D eigenvalue weighted by molar-refractivity contribution is -0.144. The number of carbonyl (C=O) groups excluding carboxylic acids is 1. The number of halogens is 1. The first-order chi connectivity index (χ1) is 16.0. The van der Waals surface area contributed by atoms with Crippen molar-refractivity contribution in [2.75, 3.05) is 5.32 Å². The second-order valence-electron chi connectivity index (χ2n) is 8.02. The van der Waals surface area contributed by atoms with Gasteiger partial charge in [-0.2, -0.15) is 0 Å². The van der Waals surface area contributed by atoms with Gasteiger partial charge in [0.2, 0.25) is 0 Å². The van der Waals surface area contributed by atoms with Crippen LogP contribution >= 0.6 is 11.6 Å². The Balaban J connectivity index is 1.41. The molecule has 1 aliphatic carbocycles. The van der Waals surface area contributed by atoms with Crippen LogP contribution in [0.5, 0.6) is 11.5 Å². The summed E-state index contributed by atoms with van der Waals surface area (Å²) in [4.78, 5) is 31.9. The van der Waals surface area contributed by atoms with Crippen LogP contribution in [0.1, 0.15) is 28.8 Å². The summed E-state index contributed by atoms with van der Waals surface area (Å²) in [5, 5.41) is 13.4. The van der Waals surface area contributed by atoms with Gasteiger partial charge in [-0.3, -0.25) is 9.59 Å². The number of hydrogen-bond acceptors (Lipinski definition) is 5. The molecule has 166 valence electrons. The minimum Gasteiger partial charge on any atom is -0.481 e. The van der Waals surface area contributed by atoms with Crippen molar-refractivity contribution < 1.29 is 19.4 Å². The maximum absolute atomic E-state index is 13.4. The highest BCUT2D eigenvalue weighted by atomic mass is 35.5. The van der Waals surface area contributed by atoms with E-state index in [0.29, 0.717) is 46.5 Å². The van der Waals surface area contributed by atoms with Gasteiger partial charge >= 0.3 is 5.97 Å². The molecule has 0 radical (unpaired) electrons. The molecule has 3 N–H and O–H groups in total. The number of aromatic nitrogens is 2. The first-order valence-corrected chi connectivity index (χ1v) is 10.9. The molecular weight excluding hydrogens is 442 g/mol. The zero-order valence-corrected chi connectivity index (χ0v) is 18.2. The fraction of sp³-hybridized carbons (Fsp3) is 0.160. The van der Waals surface area contributed by atoms with Gasteiger partial charge in [0.05, 0.1) is 21.9 Å². The van der Waals surface area contributed by atoms with Crippen molar-refractivity contribution in [3.8, 4) is 11.5 Å². The van der Waals surface area contributed by atoms with Crippen LogP contribution in [-0.4, -0.2) is 32.9 Å². The molecule has 0 aliphatic heterocycles. The lowest BCUT2D eigenvalue weighted by Crippen LogP contribution is -2.39. The van der Waals surface area contributed by atoms with Crippen molar-refractivity contribution in [2.24, 2.45) is 5.92 Å². The van der Waals surface area contributed by atoms with Crippen LogP contribution in [0, 0.1) is 5.92 Å². The van der Waals surface area contributed by atoms with Gasteiger partial charge in [-0.15, -0.1) is 0 Å². The van der Waals surface area contributed by atoms with Gasteiger partial charge in [-0.25, -0.2) is 4.98 Å². The van der Waals surface area contributed by atoms with Crippen LogP contribution in [0.25, 0.3) is 11.0 Å². The number of anilines is 1. The molecular formula is C25H20ClN3O4. The van der Waals surface area contributed by atoms with E-state index in [2.05, 4.69) is 15.3 Å². The number of hydrogen-bond donors (Lipinski definition) is 3. The van der Waals surface area contributed by atoms with E-state index in [0.717, 1.165) is 5.69 Å². The number of carboxylic acid groups (broad SMARTS) is 1. The molecule has 0 bridgehead atoms. The van der Waals surface area contributed by atoms with Crippen LogP contribution < -0.4 is 10.1 Å². The number of carboxylic acids is 1. The average molecular weight is 462 g/mol. The molecule has 0 amide bonds. The Morgan fingerprint density at radius 1 is 1.06 bits per heavy atom. The number of benzene rings is 2. The second-order valence-corrected chi connectivity index (χ2v) is 8.43. The average Bonchev–Trinajstić information content (AvgIpc) is 3.21. The van der Waals surface area contributed by atoms with E-state index < -0.39 is 5.97 Å². The fourth-order valence-electron chi connectivity index (χ4n) is 4.03. The highest BCUT2D eigenvalue weighted by Gasteiger charge is 2.34. The number of ketones is 1. The Morgan fingerprint density at radius 2 is 1.85 bits per heavy atom. The molecule has 1 fully saturated rings. The number of pyridine rings is 1. The number of carbonyl (C=O) groups is 2. The van der Waals surface area contributed by atoms with E-state index in [1.165, 1.54) is 0 Å². The van der Waals surface area contributed by atoms with Gasteiger partial charge in [-0.05, 0) is 43.2 Å². The van der Waals surface area contributed by atoms with Crippen LogP contribution in [0.3, 0.4) is 0 Å². The Labute approximate surface area is 194 Å². The van der Waals surface area contributed by atoms with Gasteiger partial charge in [0.25, 0.3) is 0 Å². The molecule has 0 unspecified atom stereocenters. The van der Waals surface area contributed by atoms with Crippen LogP contribution in [-0.2, 0) is 4.79 Å². The Kier molecular flexibility index (Phi) is 5.48. The molecule has 0 saturated heterocycles. The van der Waals surface area contributed by atoms with Crippen molar-refractivity contribution in [1.82, 2.24) is 9.97 Å². The molecule has 5 rings (SSSR count). The van der Waals surface area contributed by atoms with Crippen molar-refractivity contribution in [3.05, 3.63) is 83.1 Å². The van der Waals surface area contributed by atoms with Crippen molar-refractivity contribution >= 4 is 40.1 Å². The normalized spacial score (nSPS) is 17.4. The molecule has 0 atom stereocenters. The quantitative estimate of drug-likeness (QED) is 0.313. The fourth-order valence-corrected chi connectivity index (χ4v) is 4.28. The number of aliphatic carboxylic acids is 1. The zero-order valence-electron chi connectivity index (χ0n) is 17.4. The Morgan fingerprint density at radius 3 is 2.58 bits per heavy atom. The molecule has 33 heavy (non-hydrogen) atoms. The van der Waals surface area contributed by atoms with Crippen LogP contribution in [0.4, 0.5) is 5.69 Å². The summed E-state index contributed by atoms with van der Waals surface area (Å²) in [5.41, 5.74) is 2.09. The molecule has 8 heteroatoms. The topological polar surface area (TPSA) is 104 Å². The summed E-state index contributed by atoms with van der Waals surface area (Å²) in [6, 6.07) is 16.1. The highest BCUT2D eigenvalue weighted by molar-refractivity contribution is 6.35. The predicted octanol–water partition coefficient (Wildman–Crippen LogP) is 5.51. The smallest absolute Gasteiger partial charge is 0.306 e. The summed E-state index contributed by atoms with van der Waals surface area (Å²) >= 11 is 6.46. The molecule has 1 aliphatic rings. The summed E-state index contributed by atoms with van der Waals surface area (Å²) in [5.74, 6) is -0.149. The maximum atomic E-state index is 13.4. The van der Waals surface area contributed by atoms with Gasteiger partial charge in [0.1, 0.15) is 17.1 Å². The summed E-state index contributed by atoms with van der Waals surface area (Å²) in [7, 11) is 0. The molecule has 2 aromatic carbocycles. The number of aromatic amines is 1. The number of nitrogens with one attached hydrogen (secondary N) is 2. The van der Waals surface area contributed by atoms with E-state index in [-0.39, 0.29) is 22.8 Å². The van der Waals surface area contributed by atoms with E-state index in [1.807, 2.05) is 30.3 Å². The first kappa shape index (κ1) is 21.0. The van der Waals surface area contributed by atoms with Gasteiger partial charge < -0.3 is 20.1 Å². The van der Waals surface area contributed by atoms with Crippen LogP contribution in [0.2, 0.25) is 5.02 Å². The lowest BCUT2D eigenvalue weighted by Gasteiger charge is -2.33. The van der Waals surface area contributed by atoms with Gasteiger partial charge in [-0.1, -0.05) is 29.8 Å². The van der Waals surface area contributed by atoms with E-state index in [9.17, 15) is 9.59 Å². The third-order valence-electron chi connectivity index (χ3n) is 5.83.